The molecule has 0 bridgehead atoms. The van der Waals surface area contributed by atoms with Crippen molar-refractivity contribution >= 4 is 32.8 Å². The van der Waals surface area contributed by atoms with Crippen molar-refractivity contribution in [1.82, 2.24) is 0 Å². The van der Waals surface area contributed by atoms with Gasteiger partial charge in [-0.1, -0.05) is 0 Å². The lowest BCUT2D eigenvalue weighted by atomic mass is 10.1. The van der Waals surface area contributed by atoms with Crippen molar-refractivity contribution in [3.05, 3.63) is 23.1 Å². The van der Waals surface area contributed by atoms with Crippen molar-refractivity contribution in [2.24, 2.45) is 0 Å². The molecule has 2 aromatic rings. The first-order valence-corrected chi connectivity index (χ1v) is 4.82. The Morgan fingerprint density at radius 1 is 1.29 bits per heavy atom. The molecule has 0 unspecified atom stereocenters. The molecule has 1 heterocycles. The minimum absolute atomic E-state index is 0.0587. The molecule has 0 radical (unpaired) electrons. The summed E-state index contributed by atoms with van der Waals surface area (Å²) in [6, 6.07) is 3.34. The SMILES string of the molecule is Nc1cc2ccsc2c(N)c1C(F)F. The van der Waals surface area contributed by atoms with Gasteiger partial charge in [0.15, 0.2) is 0 Å². The van der Waals surface area contributed by atoms with E-state index < -0.39 is 6.43 Å². The molecule has 0 aliphatic heterocycles. The molecule has 5 heteroatoms. The second-order valence-corrected chi connectivity index (χ2v) is 3.85. The van der Waals surface area contributed by atoms with E-state index in [-0.39, 0.29) is 16.9 Å². The van der Waals surface area contributed by atoms with Gasteiger partial charge in [0.25, 0.3) is 6.43 Å². The van der Waals surface area contributed by atoms with Crippen LogP contribution >= 0.6 is 11.3 Å². The summed E-state index contributed by atoms with van der Waals surface area (Å²) >= 11 is 1.34. The highest BCUT2D eigenvalue weighted by Gasteiger charge is 2.18. The van der Waals surface area contributed by atoms with Crippen LogP contribution in [-0.2, 0) is 0 Å². The van der Waals surface area contributed by atoms with Crippen molar-refractivity contribution in [2.45, 2.75) is 6.43 Å². The second-order valence-electron chi connectivity index (χ2n) is 2.93. The number of rotatable bonds is 1. The zero-order chi connectivity index (χ0) is 10.3. The van der Waals surface area contributed by atoms with Crippen LogP contribution < -0.4 is 11.5 Å². The first kappa shape index (κ1) is 9.21. The molecule has 2 nitrogen and oxygen atoms in total. The molecule has 0 saturated carbocycles. The highest BCUT2D eigenvalue weighted by atomic mass is 32.1. The first-order valence-electron chi connectivity index (χ1n) is 3.94. The highest BCUT2D eigenvalue weighted by molar-refractivity contribution is 7.17. The summed E-state index contributed by atoms with van der Waals surface area (Å²) < 4.78 is 25.8. The molecule has 2 rings (SSSR count). The predicted octanol–water partition coefficient (Wildman–Crippen LogP) is 3.00. The molecule has 0 fully saturated rings. The fraction of sp³-hybridized carbons (Fsp3) is 0.111. The average molecular weight is 214 g/mol. The van der Waals surface area contributed by atoms with E-state index in [0.29, 0.717) is 4.70 Å². The van der Waals surface area contributed by atoms with E-state index in [2.05, 4.69) is 0 Å². The van der Waals surface area contributed by atoms with Crippen LogP contribution in [0.15, 0.2) is 17.5 Å². The van der Waals surface area contributed by atoms with E-state index >= 15 is 0 Å². The summed E-state index contributed by atoms with van der Waals surface area (Å²) in [4.78, 5) is 0. The molecule has 0 aliphatic carbocycles. The molecule has 1 aromatic carbocycles. The maximum Gasteiger partial charge on any atom is 0.267 e. The molecule has 0 saturated heterocycles. The van der Waals surface area contributed by atoms with Crippen molar-refractivity contribution < 1.29 is 8.78 Å². The largest absolute Gasteiger partial charge is 0.398 e. The van der Waals surface area contributed by atoms with Crippen LogP contribution in [0.1, 0.15) is 12.0 Å². The summed E-state index contributed by atoms with van der Waals surface area (Å²) in [7, 11) is 0. The van der Waals surface area contributed by atoms with Crippen LogP contribution in [-0.4, -0.2) is 0 Å². The minimum Gasteiger partial charge on any atom is -0.398 e. The Bertz CT molecular complexity index is 479. The smallest absolute Gasteiger partial charge is 0.267 e. The fourth-order valence-corrected chi connectivity index (χ4v) is 2.27. The molecule has 0 atom stereocenters. The van der Waals surface area contributed by atoms with E-state index in [0.717, 1.165) is 5.39 Å². The van der Waals surface area contributed by atoms with E-state index in [1.54, 1.807) is 5.38 Å². The quantitative estimate of drug-likeness (QED) is 0.717. The second kappa shape index (κ2) is 3.09. The van der Waals surface area contributed by atoms with Gasteiger partial charge in [0.05, 0.1) is 16.0 Å². The van der Waals surface area contributed by atoms with Crippen molar-refractivity contribution in [3.8, 4) is 0 Å². The minimum atomic E-state index is -2.62. The first-order chi connectivity index (χ1) is 6.61. The lowest BCUT2D eigenvalue weighted by molar-refractivity contribution is 0.153. The Morgan fingerprint density at radius 3 is 2.64 bits per heavy atom. The normalized spacial score (nSPS) is 11.4. The van der Waals surface area contributed by atoms with Gasteiger partial charge in [-0.05, 0) is 22.9 Å². The number of benzene rings is 1. The van der Waals surface area contributed by atoms with Gasteiger partial charge >= 0.3 is 0 Å². The Labute approximate surface area is 83.1 Å². The van der Waals surface area contributed by atoms with E-state index in [9.17, 15) is 8.78 Å². The van der Waals surface area contributed by atoms with Gasteiger partial charge in [0.1, 0.15) is 0 Å². The number of anilines is 2. The van der Waals surface area contributed by atoms with Crippen molar-refractivity contribution in [3.63, 3.8) is 0 Å². The van der Waals surface area contributed by atoms with Gasteiger partial charge in [-0.3, -0.25) is 0 Å². The summed E-state index contributed by atoms with van der Waals surface area (Å²) in [5.41, 5.74) is 11.0. The Hall–Kier alpha value is -1.36. The number of alkyl halides is 2. The number of halogens is 2. The lowest BCUT2D eigenvalue weighted by Gasteiger charge is -2.08. The molecule has 74 valence electrons. The summed E-state index contributed by atoms with van der Waals surface area (Å²) in [5, 5.41) is 2.62. The van der Waals surface area contributed by atoms with E-state index in [4.69, 9.17) is 11.5 Å². The third kappa shape index (κ3) is 1.21. The fourth-order valence-electron chi connectivity index (χ4n) is 1.42. The van der Waals surface area contributed by atoms with E-state index in [1.807, 2.05) is 6.07 Å². The lowest BCUT2D eigenvalue weighted by Crippen LogP contribution is -2.00. The zero-order valence-corrected chi connectivity index (χ0v) is 7.94. The molecule has 0 spiro atoms. The van der Waals surface area contributed by atoms with Gasteiger partial charge in [0.2, 0.25) is 0 Å². The number of nitrogens with two attached hydrogens (primary N) is 2. The number of hydrogen-bond acceptors (Lipinski definition) is 3. The van der Waals surface area contributed by atoms with Crippen LogP contribution in [0.3, 0.4) is 0 Å². The highest BCUT2D eigenvalue weighted by Crippen LogP contribution is 2.38. The van der Waals surface area contributed by atoms with Crippen LogP contribution in [0, 0.1) is 0 Å². The van der Waals surface area contributed by atoms with Gasteiger partial charge in [-0.25, -0.2) is 8.78 Å². The van der Waals surface area contributed by atoms with Crippen molar-refractivity contribution in [1.29, 1.82) is 0 Å². The third-order valence-electron chi connectivity index (χ3n) is 2.07. The number of fused-ring (bicyclic) bond motifs is 1. The Kier molecular flexibility index (Phi) is 2.03. The molecule has 0 amide bonds. The monoisotopic (exact) mass is 214 g/mol. The van der Waals surface area contributed by atoms with Crippen molar-refractivity contribution in [2.75, 3.05) is 11.5 Å². The Morgan fingerprint density at radius 2 is 2.00 bits per heavy atom. The summed E-state index contributed by atoms with van der Waals surface area (Å²) in [6.45, 7) is 0. The number of nitrogen functional groups attached to an aromatic ring is 2. The summed E-state index contributed by atoms with van der Waals surface area (Å²) in [6.07, 6.45) is -2.62. The number of hydrogen-bond donors (Lipinski definition) is 2. The van der Waals surface area contributed by atoms with Gasteiger partial charge in [-0.2, -0.15) is 0 Å². The Balaban J connectivity index is 2.82. The van der Waals surface area contributed by atoms with Gasteiger partial charge < -0.3 is 11.5 Å². The standard InChI is InChI=1S/C9H8F2N2S/c10-9(11)6-5(12)3-4-1-2-14-8(4)7(6)13/h1-3,9H,12-13H2. The maximum atomic E-state index is 12.6. The molecule has 1 aromatic heterocycles. The third-order valence-corrected chi connectivity index (χ3v) is 3.03. The molecule has 4 N–H and O–H groups in total. The van der Waals surface area contributed by atoms with Gasteiger partial charge in [-0.15, -0.1) is 11.3 Å². The van der Waals surface area contributed by atoms with Crippen LogP contribution in [0.25, 0.3) is 10.1 Å². The maximum absolute atomic E-state index is 12.6. The van der Waals surface area contributed by atoms with Crippen LogP contribution in [0.2, 0.25) is 0 Å². The van der Waals surface area contributed by atoms with Gasteiger partial charge in [0, 0.05) is 5.69 Å². The average Bonchev–Trinajstić information content (AvgIpc) is 2.50. The van der Waals surface area contributed by atoms with E-state index in [1.165, 1.54) is 17.4 Å². The topological polar surface area (TPSA) is 52.0 Å². The molecular weight excluding hydrogens is 206 g/mol. The number of thiophene rings is 1. The molecule has 0 aliphatic rings. The zero-order valence-electron chi connectivity index (χ0n) is 7.13. The molecular formula is C9H8F2N2S. The molecule has 14 heavy (non-hydrogen) atoms. The van der Waals surface area contributed by atoms with Crippen LogP contribution in [0.4, 0.5) is 20.2 Å². The van der Waals surface area contributed by atoms with Crippen LogP contribution in [0.5, 0.6) is 0 Å². The summed E-state index contributed by atoms with van der Waals surface area (Å²) in [5.74, 6) is 0. The predicted molar refractivity (Wildman–Crippen MR) is 55.6 cm³/mol.